The topological polar surface area (TPSA) is 81.3 Å². The third-order valence-electron chi connectivity index (χ3n) is 3.92. The highest BCUT2D eigenvalue weighted by Crippen LogP contribution is 2.26. The van der Waals surface area contributed by atoms with Crippen LogP contribution in [0.15, 0.2) is 36.4 Å². The van der Waals surface area contributed by atoms with E-state index in [-0.39, 0.29) is 17.6 Å². The van der Waals surface area contributed by atoms with Crippen molar-refractivity contribution in [2.24, 2.45) is 11.7 Å². The van der Waals surface area contributed by atoms with Crippen LogP contribution in [-0.2, 0) is 4.79 Å². The van der Waals surface area contributed by atoms with Crippen LogP contribution in [0.25, 0.3) is 11.3 Å². The molecule has 1 amide bonds. The number of nitrogens with zero attached hydrogens (tertiary/aromatic N) is 3. The molecule has 1 aliphatic heterocycles. The van der Waals surface area contributed by atoms with Crippen LogP contribution in [0.2, 0.25) is 0 Å². The molecule has 1 aromatic heterocycles. The normalized spacial score (nSPS) is 17.3. The lowest BCUT2D eigenvalue weighted by molar-refractivity contribution is -0.121. The maximum absolute atomic E-state index is 12.3. The molecule has 3 rings (SSSR count). The van der Waals surface area contributed by atoms with Crippen molar-refractivity contribution in [3.63, 3.8) is 0 Å². The number of carbonyl (C=O) groups is 1. The molecule has 1 aliphatic rings. The Labute approximate surface area is 137 Å². The lowest BCUT2D eigenvalue weighted by atomic mass is 10.1. The molecule has 2 aromatic rings. The molecule has 126 valence electrons. The van der Waals surface area contributed by atoms with Gasteiger partial charge in [0.2, 0.25) is 5.91 Å². The molecule has 6 nitrogen and oxygen atoms in total. The molecule has 24 heavy (non-hydrogen) atoms. The number of aromatic nitrogens is 2. The molecule has 8 heteroatoms. The molecule has 0 saturated carbocycles. The van der Waals surface area contributed by atoms with Crippen molar-refractivity contribution in [2.45, 2.75) is 13.0 Å². The van der Waals surface area contributed by atoms with Crippen LogP contribution in [-0.4, -0.2) is 35.8 Å². The van der Waals surface area contributed by atoms with Crippen molar-refractivity contribution < 1.29 is 18.3 Å². The van der Waals surface area contributed by atoms with Crippen LogP contribution in [0.1, 0.15) is 6.42 Å². The number of hydrogen-bond acceptors (Lipinski definition) is 5. The Morgan fingerprint density at radius 2 is 2.12 bits per heavy atom. The second-order valence-electron chi connectivity index (χ2n) is 5.52. The number of nitrogens with two attached hydrogens (primary N) is 1. The van der Waals surface area contributed by atoms with Crippen LogP contribution in [0, 0.1) is 5.92 Å². The average molecular weight is 334 g/mol. The molecule has 0 spiro atoms. The van der Waals surface area contributed by atoms with E-state index >= 15 is 0 Å². The first kappa shape index (κ1) is 16.1. The average Bonchev–Trinajstić information content (AvgIpc) is 3.05. The Balaban J connectivity index is 1.74. The van der Waals surface area contributed by atoms with E-state index in [0.717, 1.165) is 0 Å². The van der Waals surface area contributed by atoms with Gasteiger partial charge in [0, 0.05) is 18.7 Å². The summed E-state index contributed by atoms with van der Waals surface area (Å²) in [5, 5.41) is 8.29. The van der Waals surface area contributed by atoms with E-state index < -0.39 is 6.61 Å². The Kier molecular flexibility index (Phi) is 4.54. The summed E-state index contributed by atoms with van der Waals surface area (Å²) in [6, 6.07) is 9.82. The number of amides is 1. The highest BCUT2D eigenvalue weighted by atomic mass is 19.3. The quantitative estimate of drug-likeness (QED) is 0.905. The predicted molar refractivity (Wildman–Crippen MR) is 83.6 cm³/mol. The number of rotatable bonds is 5. The molecular weight excluding hydrogens is 318 g/mol. The summed E-state index contributed by atoms with van der Waals surface area (Å²) in [5.41, 5.74) is 6.49. The first-order valence-corrected chi connectivity index (χ1v) is 7.46. The lowest BCUT2D eigenvalue weighted by Gasteiger charge is -2.16. The van der Waals surface area contributed by atoms with Crippen LogP contribution in [0.4, 0.5) is 14.6 Å². The highest BCUT2D eigenvalue weighted by Gasteiger charge is 2.27. The van der Waals surface area contributed by atoms with E-state index in [1.165, 1.54) is 12.1 Å². The van der Waals surface area contributed by atoms with Gasteiger partial charge in [0.05, 0.1) is 11.6 Å². The maximum Gasteiger partial charge on any atom is 0.387 e. The summed E-state index contributed by atoms with van der Waals surface area (Å²) in [4.78, 5) is 13.2. The van der Waals surface area contributed by atoms with Crippen molar-refractivity contribution in [1.29, 1.82) is 0 Å². The monoisotopic (exact) mass is 334 g/mol. The Morgan fingerprint density at radius 1 is 1.29 bits per heavy atom. The van der Waals surface area contributed by atoms with E-state index in [1.807, 2.05) is 4.90 Å². The third kappa shape index (κ3) is 3.58. The van der Waals surface area contributed by atoms with Crippen LogP contribution in [0.5, 0.6) is 5.75 Å². The zero-order valence-corrected chi connectivity index (χ0v) is 12.7. The highest BCUT2D eigenvalue weighted by molar-refractivity contribution is 5.78. The Bertz CT molecular complexity index is 724. The molecule has 0 radical (unpaired) electrons. The van der Waals surface area contributed by atoms with Crippen molar-refractivity contribution >= 4 is 11.7 Å². The van der Waals surface area contributed by atoms with Gasteiger partial charge in [-0.3, -0.25) is 4.79 Å². The van der Waals surface area contributed by atoms with E-state index in [0.29, 0.717) is 36.6 Å². The SMILES string of the molecule is NC(=O)C1CCN(c2ccc(-c3cccc(OC(F)F)c3)nn2)C1. The van der Waals surface area contributed by atoms with Gasteiger partial charge in [-0.2, -0.15) is 8.78 Å². The summed E-state index contributed by atoms with van der Waals surface area (Å²) in [5.74, 6) is 0.243. The molecule has 0 bridgehead atoms. The van der Waals surface area contributed by atoms with Crippen LogP contribution in [0.3, 0.4) is 0 Å². The molecule has 1 fully saturated rings. The summed E-state index contributed by atoms with van der Waals surface area (Å²) >= 11 is 0. The Hall–Kier alpha value is -2.77. The third-order valence-corrected chi connectivity index (χ3v) is 3.92. The van der Waals surface area contributed by atoms with E-state index in [4.69, 9.17) is 5.73 Å². The van der Waals surface area contributed by atoms with E-state index in [1.54, 1.807) is 24.3 Å². The largest absolute Gasteiger partial charge is 0.435 e. The van der Waals surface area contributed by atoms with Gasteiger partial charge in [-0.25, -0.2) is 0 Å². The molecular formula is C16H16F2N4O2. The van der Waals surface area contributed by atoms with Crippen LogP contribution >= 0.6 is 0 Å². The number of primary amides is 1. The summed E-state index contributed by atoms with van der Waals surface area (Å²) < 4.78 is 28.9. The van der Waals surface area contributed by atoms with Gasteiger partial charge in [-0.15, -0.1) is 10.2 Å². The fourth-order valence-corrected chi connectivity index (χ4v) is 2.68. The molecule has 1 saturated heterocycles. The molecule has 2 N–H and O–H groups in total. The second-order valence-corrected chi connectivity index (χ2v) is 5.52. The smallest absolute Gasteiger partial charge is 0.387 e. The van der Waals surface area contributed by atoms with Gasteiger partial charge in [-0.1, -0.05) is 12.1 Å². The predicted octanol–water partition coefficient (Wildman–Crippen LogP) is 2.06. The standard InChI is InChI=1S/C16H16F2N4O2/c17-16(18)24-12-3-1-2-10(8-12)13-4-5-14(21-20-13)22-7-6-11(9-22)15(19)23/h1-5,8,11,16H,6-7,9H2,(H2,19,23). The van der Waals surface area contributed by atoms with Gasteiger partial charge in [0.15, 0.2) is 5.82 Å². The number of halogens is 2. The summed E-state index contributed by atoms with van der Waals surface area (Å²) in [7, 11) is 0. The molecule has 2 heterocycles. The molecule has 1 unspecified atom stereocenters. The maximum atomic E-state index is 12.3. The first-order valence-electron chi connectivity index (χ1n) is 7.46. The van der Waals surface area contributed by atoms with Gasteiger partial charge in [0.1, 0.15) is 5.75 Å². The minimum atomic E-state index is -2.87. The van der Waals surface area contributed by atoms with Gasteiger partial charge >= 0.3 is 6.61 Å². The number of alkyl halides is 2. The molecule has 0 aliphatic carbocycles. The number of ether oxygens (including phenoxy) is 1. The summed E-state index contributed by atoms with van der Waals surface area (Å²) in [6.45, 7) is -1.65. The van der Waals surface area contributed by atoms with Gasteiger partial charge in [0.25, 0.3) is 0 Å². The number of benzene rings is 1. The fourth-order valence-electron chi connectivity index (χ4n) is 2.68. The second kappa shape index (κ2) is 6.77. The minimum Gasteiger partial charge on any atom is -0.435 e. The van der Waals surface area contributed by atoms with Crippen molar-refractivity contribution in [3.05, 3.63) is 36.4 Å². The number of anilines is 1. The summed E-state index contributed by atoms with van der Waals surface area (Å²) in [6.07, 6.45) is 0.700. The van der Waals surface area contributed by atoms with Crippen molar-refractivity contribution in [3.8, 4) is 17.0 Å². The van der Waals surface area contributed by atoms with Crippen LogP contribution < -0.4 is 15.4 Å². The zero-order valence-electron chi connectivity index (χ0n) is 12.7. The lowest BCUT2D eigenvalue weighted by Crippen LogP contribution is -2.27. The van der Waals surface area contributed by atoms with E-state index in [2.05, 4.69) is 14.9 Å². The van der Waals surface area contributed by atoms with Crippen molar-refractivity contribution in [2.75, 3.05) is 18.0 Å². The van der Waals surface area contributed by atoms with Gasteiger partial charge in [-0.05, 0) is 30.7 Å². The molecule has 1 atom stereocenters. The Morgan fingerprint density at radius 3 is 2.75 bits per heavy atom. The number of carbonyl (C=O) groups excluding carboxylic acids is 1. The minimum absolute atomic E-state index is 0.0669. The number of hydrogen-bond donors (Lipinski definition) is 1. The molecule has 1 aromatic carbocycles. The van der Waals surface area contributed by atoms with E-state index in [9.17, 15) is 13.6 Å². The van der Waals surface area contributed by atoms with Crippen molar-refractivity contribution in [1.82, 2.24) is 10.2 Å². The van der Waals surface area contributed by atoms with Gasteiger partial charge < -0.3 is 15.4 Å². The zero-order chi connectivity index (χ0) is 17.1. The first-order chi connectivity index (χ1) is 11.5. The fraction of sp³-hybridized carbons (Fsp3) is 0.312.